The van der Waals surface area contributed by atoms with Gasteiger partial charge in [-0.15, -0.1) is 10.2 Å². The summed E-state index contributed by atoms with van der Waals surface area (Å²) in [6, 6.07) is 19.3. The second-order valence-electron chi connectivity index (χ2n) is 8.20. The average Bonchev–Trinajstić information content (AvgIpc) is 3.56. The summed E-state index contributed by atoms with van der Waals surface area (Å²) in [6.07, 6.45) is 6.63. The number of hydrazone groups is 1. The van der Waals surface area contributed by atoms with Crippen LogP contribution in [-0.2, 0) is 11.8 Å². The summed E-state index contributed by atoms with van der Waals surface area (Å²) < 4.78 is 3.50. The molecule has 0 fully saturated rings. The van der Waals surface area contributed by atoms with E-state index in [1.54, 1.807) is 35.4 Å². The maximum absolute atomic E-state index is 12.5. The fraction of sp³-hybridized carbons (Fsp3) is 0.0769. The predicted molar refractivity (Wildman–Crippen MR) is 146 cm³/mol. The Labute approximate surface area is 226 Å². The number of rotatable bonds is 9. The molecule has 3 aromatic heterocycles. The lowest BCUT2D eigenvalue weighted by molar-refractivity contribution is -0.384. The van der Waals surface area contributed by atoms with Crippen molar-refractivity contribution in [1.82, 2.24) is 35.0 Å². The minimum atomic E-state index is -0.455. The molecule has 0 aliphatic carbocycles. The summed E-state index contributed by atoms with van der Waals surface area (Å²) in [6.45, 7) is 0. The zero-order valence-corrected chi connectivity index (χ0v) is 21.4. The molecule has 0 saturated carbocycles. The lowest BCUT2D eigenvalue weighted by Gasteiger charge is -2.03. The fourth-order valence-electron chi connectivity index (χ4n) is 3.69. The molecule has 194 valence electrons. The SMILES string of the molecule is Cn1c(SCC(=O)NN=Cc2cn(-c3ccccc3)nc2-c2ccc([N+](=O)[O-])cc2)nnc1-c1ccncc1. The van der Waals surface area contributed by atoms with Crippen molar-refractivity contribution >= 4 is 29.6 Å². The second-order valence-corrected chi connectivity index (χ2v) is 9.14. The molecule has 12 nitrogen and oxygen atoms in total. The highest BCUT2D eigenvalue weighted by Gasteiger charge is 2.15. The Kier molecular flexibility index (Phi) is 7.50. The third-order valence-corrected chi connectivity index (χ3v) is 6.63. The number of nitrogens with one attached hydrogen (secondary N) is 1. The molecule has 3 heterocycles. The van der Waals surface area contributed by atoms with Crippen LogP contribution in [0.4, 0.5) is 5.69 Å². The van der Waals surface area contributed by atoms with Crippen molar-refractivity contribution in [3.63, 3.8) is 0 Å². The number of carbonyl (C=O) groups excluding carboxylic acids is 1. The van der Waals surface area contributed by atoms with Crippen molar-refractivity contribution in [3.8, 4) is 28.3 Å². The van der Waals surface area contributed by atoms with Crippen molar-refractivity contribution in [3.05, 3.63) is 101 Å². The van der Waals surface area contributed by atoms with Crippen LogP contribution in [0.3, 0.4) is 0 Å². The lowest BCUT2D eigenvalue weighted by Crippen LogP contribution is -2.20. The number of para-hydroxylation sites is 1. The highest BCUT2D eigenvalue weighted by molar-refractivity contribution is 7.99. The van der Waals surface area contributed by atoms with Crippen molar-refractivity contribution in [1.29, 1.82) is 0 Å². The topological polar surface area (TPSA) is 146 Å². The van der Waals surface area contributed by atoms with E-state index in [1.807, 2.05) is 54.1 Å². The molecule has 0 bridgehead atoms. The van der Waals surface area contributed by atoms with Gasteiger partial charge in [0.2, 0.25) is 0 Å². The molecule has 0 spiro atoms. The Bertz CT molecular complexity index is 1630. The first-order chi connectivity index (χ1) is 19.0. The molecule has 0 saturated heterocycles. The number of carbonyl (C=O) groups is 1. The molecule has 0 aliphatic rings. The van der Waals surface area contributed by atoms with Crippen LogP contribution in [0.2, 0.25) is 0 Å². The van der Waals surface area contributed by atoms with Crippen molar-refractivity contribution in [2.45, 2.75) is 5.16 Å². The number of hydrogen-bond donors (Lipinski definition) is 1. The van der Waals surface area contributed by atoms with E-state index in [0.717, 1.165) is 11.3 Å². The van der Waals surface area contributed by atoms with Crippen LogP contribution in [0, 0.1) is 10.1 Å². The Balaban J connectivity index is 1.29. The third kappa shape index (κ3) is 5.88. The first-order valence-corrected chi connectivity index (χ1v) is 12.6. The normalized spacial score (nSPS) is 11.1. The second kappa shape index (κ2) is 11.5. The largest absolute Gasteiger partial charge is 0.305 e. The molecular weight excluding hydrogens is 518 g/mol. The number of pyridine rings is 1. The van der Waals surface area contributed by atoms with E-state index in [4.69, 9.17) is 0 Å². The van der Waals surface area contributed by atoms with Gasteiger partial charge in [0, 0.05) is 54.5 Å². The Morgan fingerprint density at radius 3 is 2.51 bits per heavy atom. The van der Waals surface area contributed by atoms with Gasteiger partial charge in [-0.05, 0) is 36.4 Å². The number of thioether (sulfide) groups is 1. The summed E-state index contributed by atoms with van der Waals surface area (Å²) in [5.74, 6) is 0.433. The van der Waals surface area contributed by atoms with Crippen molar-refractivity contribution in [2.75, 3.05) is 5.75 Å². The number of nitro benzene ring substituents is 1. The molecule has 0 unspecified atom stereocenters. The quantitative estimate of drug-likeness (QED) is 0.129. The Morgan fingerprint density at radius 2 is 1.79 bits per heavy atom. The first kappa shape index (κ1) is 25.5. The van der Waals surface area contributed by atoms with Crippen LogP contribution in [0.5, 0.6) is 0 Å². The minimum Gasteiger partial charge on any atom is -0.305 e. The molecule has 0 radical (unpaired) electrons. The standard InChI is InChI=1S/C26H21N9O3S/c1-33-25(19-11-13-27-14-12-19)30-31-26(33)39-17-23(36)29-28-15-20-16-34(21-5-3-2-4-6-21)32-24(20)18-7-9-22(10-8-18)35(37)38/h2-16H,17H2,1H3,(H,29,36). The molecule has 1 amide bonds. The van der Waals surface area contributed by atoms with Crippen molar-refractivity contribution in [2.24, 2.45) is 12.1 Å². The zero-order valence-electron chi connectivity index (χ0n) is 20.6. The summed E-state index contributed by atoms with van der Waals surface area (Å²) in [7, 11) is 1.83. The molecule has 5 aromatic rings. The monoisotopic (exact) mass is 539 g/mol. The van der Waals surface area contributed by atoms with Gasteiger partial charge in [-0.25, -0.2) is 10.1 Å². The van der Waals surface area contributed by atoms with Gasteiger partial charge in [-0.3, -0.25) is 19.9 Å². The van der Waals surface area contributed by atoms with Gasteiger partial charge in [0.15, 0.2) is 11.0 Å². The summed E-state index contributed by atoms with van der Waals surface area (Å²) >= 11 is 1.24. The number of nitro groups is 1. The maximum Gasteiger partial charge on any atom is 0.269 e. The highest BCUT2D eigenvalue weighted by atomic mass is 32.2. The number of aromatic nitrogens is 6. The van der Waals surface area contributed by atoms with E-state index in [0.29, 0.717) is 27.8 Å². The average molecular weight is 540 g/mol. The molecule has 39 heavy (non-hydrogen) atoms. The van der Waals surface area contributed by atoms with Crippen LogP contribution in [0.25, 0.3) is 28.3 Å². The molecular formula is C26H21N9O3S. The third-order valence-electron chi connectivity index (χ3n) is 5.61. The molecule has 2 aromatic carbocycles. The number of nitrogens with zero attached hydrogens (tertiary/aromatic N) is 8. The number of amides is 1. The van der Waals surface area contributed by atoms with Crippen LogP contribution >= 0.6 is 11.8 Å². The summed E-state index contributed by atoms with van der Waals surface area (Å²) in [5.41, 5.74) is 6.07. The minimum absolute atomic E-state index is 0.0166. The lowest BCUT2D eigenvalue weighted by atomic mass is 10.1. The van der Waals surface area contributed by atoms with Crippen LogP contribution in [0.1, 0.15) is 5.56 Å². The van der Waals surface area contributed by atoms with E-state index >= 15 is 0 Å². The van der Waals surface area contributed by atoms with Gasteiger partial charge in [0.25, 0.3) is 11.6 Å². The van der Waals surface area contributed by atoms with Gasteiger partial charge in [-0.2, -0.15) is 10.2 Å². The van der Waals surface area contributed by atoms with Crippen molar-refractivity contribution < 1.29 is 9.72 Å². The maximum atomic E-state index is 12.5. The number of non-ortho nitro benzene ring substituents is 1. The summed E-state index contributed by atoms with van der Waals surface area (Å²) in [5, 5.41) is 28.8. The van der Waals surface area contributed by atoms with Gasteiger partial charge >= 0.3 is 0 Å². The van der Waals surface area contributed by atoms with Crippen LogP contribution < -0.4 is 5.43 Å². The van der Waals surface area contributed by atoms with Crippen LogP contribution in [0.15, 0.2) is 95.6 Å². The van der Waals surface area contributed by atoms with Gasteiger partial charge < -0.3 is 4.57 Å². The molecule has 0 atom stereocenters. The first-order valence-electron chi connectivity index (χ1n) is 11.6. The highest BCUT2D eigenvalue weighted by Crippen LogP contribution is 2.25. The Morgan fingerprint density at radius 1 is 1.05 bits per heavy atom. The van der Waals surface area contributed by atoms with E-state index in [1.165, 1.54) is 30.1 Å². The molecule has 0 aliphatic heterocycles. The smallest absolute Gasteiger partial charge is 0.269 e. The molecule has 1 N–H and O–H groups in total. The number of benzene rings is 2. The van der Waals surface area contributed by atoms with E-state index in [2.05, 4.69) is 30.8 Å². The predicted octanol–water partition coefficient (Wildman–Crippen LogP) is 3.88. The molecule has 5 rings (SSSR count). The van der Waals surface area contributed by atoms with E-state index in [-0.39, 0.29) is 17.3 Å². The van der Waals surface area contributed by atoms with Gasteiger partial charge in [0.1, 0.15) is 5.69 Å². The van der Waals surface area contributed by atoms with Gasteiger partial charge in [-0.1, -0.05) is 30.0 Å². The fourth-order valence-corrected chi connectivity index (χ4v) is 4.39. The summed E-state index contributed by atoms with van der Waals surface area (Å²) in [4.78, 5) is 27.1. The zero-order chi connectivity index (χ0) is 27.2. The molecule has 13 heteroatoms. The van der Waals surface area contributed by atoms with E-state index in [9.17, 15) is 14.9 Å². The Hall–Kier alpha value is -5.17. The van der Waals surface area contributed by atoms with Gasteiger partial charge in [0.05, 0.1) is 22.6 Å². The van der Waals surface area contributed by atoms with Crippen LogP contribution in [-0.4, -0.2) is 52.3 Å². The van der Waals surface area contributed by atoms with E-state index < -0.39 is 4.92 Å². The number of hydrogen-bond acceptors (Lipinski definition) is 9.